The summed E-state index contributed by atoms with van der Waals surface area (Å²) in [5.41, 5.74) is 8.55. The molecule has 0 aromatic carbocycles. The molecule has 1 unspecified atom stereocenters. The molecule has 1 rings (SSSR count). The summed E-state index contributed by atoms with van der Waals surface area (Å²) in [5, 5.41) is 1.95. The Morgan fingerprint density at radius 3 is 2.38 bits per heavy atom. The van der Waals surface area contributed by atoms with Crippen molar-refractivity contribution < 1.29 is 0 Å². The summed E-state index contributed by atoms with van der Waals surface area (Å²) < 4.78 is 0. The van der Waals surface area contributed by atoms with Crippen molar-refractivity contribution in [2.75, 3.05) is 20.8 Å². The molecular weight excluding hydrogens is 104 g/mol. The Balaban J connectivity index is 2.39. The summed E-state index contributed by atoms with van der Waals surface area (Å²) in [5.74, 6) is 0. The summed E-state index contributed by atoms with van der Waals surface area (Å²) >= 11 is 0. The molecule has 8 heavy (non-hydrogen) atoms. The average molecular weight is 116 g/mol. The highest BCUT2D eigenvalue weighted by Gasteiger charge is 2.19. The van der Waals surface area contributed by atoms with E-state index in [1.165, 1.54) is 0 Å². The van der Waals surface area contributed by atoms with E-state index in [2.05, 4.69) is 5.43 Å². The van der Waals surface area contributed by atoms with Gasteiger partial charge >= 0.3 is 0 Å². The van der Waals surface area contributed by atoms with E-state index in [0.29, 0.717) is 0 Å². The number of hydrogen-bond donors (Lipinski definition) is 2. The molecule has 1 saturated heterocycles. The molecule has 1 aliphatic heterocycles. The van der Waals surface area contributed by atoms with E-state index in [0.717, 1.165) is 6.67 Å². The number of nitrogens with zero attached hydrogens (tertiary/aromatic N) is 2. The molecule has 0 amide bonds. The average Bonchev–Trinajstić information content (AvgIpc) is 1.85. The topological polar surface area (TPSA) is 44.5 Å². The number of nitrogens with two attached hydrogens (primary N) is 1. The Bertz CT molecular complexity index is 74.1. The predicted molar refractivity (Wildman–Crippen MR) is 31.5 cm³/mol. The molecular formula is C4H12N4. The molecule has 3 N–H and O–H groups in total. The van der Waals surface area contributed by atoms with Gasteiger partial charge in [0.2, 0.25) is 0 Å². The summed E-state index contributed by atoms with van der Waals surface area (Å²) in [4.78, 5) is 2.01. The third kappa shape index (κ3) is 0.976. The largest absolute Gasteiger partial charge is 0.302 e. The van der Waals surface area contributed by atoms with E-state index < -0.39 is 0 Å². The third-order valence-electron chi connectivity index (χ3n) is 1.26. The van der Waals surface area contributed by atoms with Crippen molar-refractivity contribution in [1.29, 1.82) is 0 Å². The van der Waals surface area contributed by atoms with E-state index in [1.54, 1.807) is 0 Å². The van der Waals surface area contributed by atoms with Crippen LogP contribution in [0.15, 0.2) is 0 Å². The van der Waals surface area contributed by atoms with Crippen LogP contribution in [0.1, 0.15) is 0 Å². The van der Waals surface area contributed by atoms with Crippen LogP contribution in [0.4, 0.5) is 0 Å². The van der Waals surface area contributed by atoms with Gasteiger partial charge in [-0.1, -0.05) is 0 Å². The highest BCUT2D eigenvalue weighted by molar-refractivity contribution is 4.62. The standard InChI is InChI=1S/C4H12N4/c1-7-3-8(2)6-4(7)5/h4,6H,3,5H2,1-2H3. The van der Waals surface area contributed by atoms with E-state index in [9.17, 15) is 0 Å². The van der Waals surface area contributed by atoms with Crippen LogP contribution in [0.3, 0.4) is 0 Å². The molecule has 1 heterocycles. The highest BCUT2D eigenvalue weighted by atomic mass is 15.7. The molecule has 4 heteroatoms. The molecule has 0 aromatic rings. The molecule has 4 nitrogen and oxygen atoms in total. The lowest BCUT2D eigenvalue weighted by Gasteiger charge is -2.09. The summed E-state index contributed by atoms with van der Waals surface area (Å²) in [6, 6.07) is 0. The van der Waals surface area contributed by atoms with Crippen LogP contribution in [-0.4, -0.2) is 37.0 Å². The zero-order valence-electron chi connectivity index (χ0n) is 5.26. The fourth-order valence-electron chi connectivity index (χ4n) is 0.788. The zero-order valence-corrected chi connectivity index (χ0v) is 5.26. The Morgan fingerprint density at radius 2 is 2.25 bits per heavy atom. The van der Waals surface area contributed by atoms with E-state index in [-0.39, 0.29) is 6.29 Å². The maximum Gasteiger partial charge on any atom is 0.125 e. The maximum absolute atomic E-state index is 5.54. The van der Waals surface area contributed by atoms with E-state index in [4.69, 9.17) is 5.73 Å². The van der Waals surface area contributed by atoms with Gasteiger partial charge in [0.1, 0.15) is 6.29 Å². The number of nitrogens with one attached hydrogen (secondary N) is 1. The lowest BCUT2D eigenvalue weighted by molar-refractivity contribution is 0.282. The van der Waals surface area contributed by atoms with Crippen LogP contribution < -0.4 is 11.2 Å². The predicted octanol–water partition coefficient (Wildman–Crippen LogP) is -1.43. The van der Waals surface area contributed by atoms with Crippen LogP contribution in [0.2, 0.25) is 0 Å². The van der Waals surface area contributed by atoms with Gasteiger partial charge < -0.3 is 5.73 Å². The van der Waals surface area contributed by atoms with Crippen LogP contribution in [0.25, 0.3) is 0 Å². The fourth-order valence-corrected chi connectivity index (χ4v) is 0.788. The van der Waals surface area contributed by atoms with Crippen molar-refractivity contribution in [3.63, 3.8) is 0 Å². The first-order valence-electron chi connectivity index (χ1n) is 2.63. The Hall–Kier alpha value is -0.160. The minimum atomic E-state index is -0.000000000000000222. The van der Waals surface area contributed by atoms with E-state index >= 15 is 0 Å². The molecule has 0 radical (unpaired) electrons. The van der Waals surface area contributed by atoms with Gasteiger partial charge in [-0.25, -0.2) is 10.4 Å². The van der Waals surface area contributed by atoms with Gasteiger partial charge in [-0.15, -0.1) is 0 Å². The molecule has 0 aromatic heterocycles. The molecule has 0 bridgehead atoms. The van der Waals surface area contributed by atoms with Crippen molar-refractivity contribution in [2.45, 2.75) is 6.29 Å². The van der Waals surface area contributed by atoms with Crippen LogP contribution >= 0.6 is 0 Å². The van der Waals surface area contributed by atoms with Crippen molar-refractivity contribution in [3.8, 4) is 0 Å². The van der Waals surface area contributed by atoms with Crippen LogP contribution in [0, 0.1) is 0 Å². The number of hydrazine groups is 1. The minimum absolute atomic E-state index is 0.000000000000000222. The molecule has 0 saturated carbocycles. The van der Waals surface area contributed by atoms with Crippen molar-refractivity contribution in [1.82, 2.24) is 15.3 Å². The minimum Gasteiger partial charge on any atom is -0.302 e. The summed E-state index contributed by atoms with van der Waals surface area (Å²) in [6.45, 7) is 0.890. The smallest absolute Gasteiger partial charge is 0.125 e. The number of rotatable bonds is 0. The molecule has 48 valence electrons. The van der Waals surface area contributed by atoms with Gasteiger partial charge in [0.25, 0.3) is 0 Å². The SMILES string of the molecule is CN1CN(C)C(N)N1. The first-order valence-corrected chi connectivity index (χ1v) is 2.63. The molecule has 1 atom stereocenters. The van der Waals surface area contributed by atoms with Gasteiger partial charge in [0, 0.05) is 7.05 Å². The monoisotopic (exact) mass is 116 g/mol. The first kappa shape index (κ1) is 5.97. The first-order chi connectivity index (χ1) is 3.70. The Morgan fingerprint density at radius 1 is 1.62 bits per heavy atom. The Kier molecular flexibility index (Phi) is 1.48. The molecule has 0 spiro atoms. The summed E-state index contributed by atoms with van der Waals surface area (Å²) in [6.07, 6.45) is -0.000000000000000222. The van der Waals surface area contributed by atoms with Gasteiger partial charge in [-0.2, -0.15) is 0 Å². The van der Waals surface area contributed by atoms with Gasteiger partial charge in [0.05, 0.1) is 6.67 Å². The van der Waals surface area contributed by atoms with Crippen molar-refractivity contribution in [2.24, 2.45) is 5.73 Å². The fraction of sp³-hybridized carbons (Fsp3) is 1.00. The second-order valence-corrected chi connectivity index (χ2v) is 2.17. The quantitative estimate of drug-likeness (QED) is 0.407. The normalized spacial score (nSPS) is 34.1. The second kappa shape index (κ2) is 1.99. The van der Waals surface area contributed by atoms with E-state index in [1.807, 2.05) is 24.0 Å². The van der Waals surface area contributed by atoms with Gasteiger partial charge in [0.15, 0.2) is 0 Å². The van der Waals surface area contributed by atoms with Crippen LogP contribution in [-0.2, 0) is 0 Å². The van der Waals surface area contributed by atoms with Crippen molar-refractivity contribution >= 4 is 0 Å². The lowest BCUT2D eigenvalue weighted by Crippen LogP contribution is -2.42. The third-order valence-corrected chi connectivity index (χ3v) is 1.26. The highest BCUT2D eigenvalue weighted by Crippen LogP contribution is 1.94. The summed E-state index contributed by atoms with van der Waals surface area (Å²) in [7, 11) is 3.94. The zero-order chi connectivity index (χ0) is 6.15. The van der Waals surface area contributed by atoms with Gasteiger partial charge in [-0.3, -0.25) is 4.90 Å². The van der Waals surface area contributed by atoms with Gasteiger partial charge in [-0.05, 0) is 7.05 Å². The molecule has 1 fully saturated rings. The Labute approximate surface area is 49.2 Å². The lowest BCUT2D eigenvalue weighted by atomic mass is 10.8. The van der Waals surface area contributed by atoms with Crippen molar-refractivity contribution in [3.05, 3.63) is 0 Å². The molecule has 1 aliphatic rings. The maximum atomic E-state index is 5.54. The van der Waals surface area contributed by atoms with Crippen LogP contribution in [0.5, 0.6) is 0 Å². The second-order valence-electron chi connectivity index (χ2n) is 2.17. The number of hydrogen-bond acceptors (Lipinski definition) is 4. The molecule has 0 aliphatic carbocycles.